The summed E-state index contributed by atoms with van der Waals surface area (Å²) in [6.07, 6.45) is -0.877. The van der Waals surface area contributed by atoms with Crippen molar-refractivity contribution in [1.82, 2.24) is 4.90 Å². The zero-order chi connectivity index (χ0) is 16.8. The number of phenolic OH excluding ortho intramolecular Hbond substituents is 1. The largest absolute Gasteiger partial charge is 0.508 e. The summed E-state index contributed by atoms with van der Waals surface area (Å²) >= 11 is 5.81. The van der Waals surface area contributed by atoms with Gasteiger partial charge in [0.2, 0.25) is 0 Å². The maximum absolute atomic E-state index is 12.3. The zero-order valence-corrected chi connectivity index (χ0v) is 13.5. The molecule has 1 unspecified atom stereocenters. The second kappa shape index (κ2) is 7.85. The summed E-state index contributed by atoms with van der Waals surface area (Å²) < 4.78 is 0. The Morgan fingerprint density at radius 3 is 2.57 bits per heavy atom. The molecule has 0 radical (unpaired) electrons. The van der Waals surface area contributed by atoms with Gasteiger partial charge in [0, 0.05) is 17.3 Å². The molecule has 0 heterocycles. The number of carbonyl (C=O) groups is 1. The molecule has 2 amide bonds. The summed E-state index contributed by atoms with van der Waals surface area (Å²) in [7, 11) is 0. The fourth-order valence-corrected chi connectivity index (χ4v) is 2.26. The van der Waals surface area contributed by atoms with Crippen LogP contribution in [0.3, 0.4) is 0 Å². The van der Waals surface area contributed by atoms with Gasteiger partial charge >= 0.3 is 6.03 Å². The summed E-state index contributed by atoms with van der Waals surface area (Å²) in [5, 5.41) is 23.1. The van der Waals surface area contributed by atoms with Gasteiger partial charge < -0.3 is 20.4 Å². The van der Waals surface area contributed by atoms with Crippen molar-refractivity contribution in [2.75, 3.05) is 18.4 Å². The van der Waals surface area contributed by atoms with E-state index in [2.05, 4.69) is 5.32 Å². The maximum atomic E-state index is 12.3. The van der Waals surface area contributed by atoms with Crippen LogP contribution < -0.4 is 5.32 Å². The maximum Gasteiger partial charge on any atom is 0.321 e. The first-order valence-electron chi connectivity index (χ1n) is 7.28. The van der Waals surface area contributed by atoms with Gasteiger partial charge in [-0.2, -0.15) is 0 Å². The van der Waals surface area contributed by atoms with Crippen molar-refractivity contribution >= 4 is 23.3 Å². The number of benzene rings is 2. The molecule has 0 saturated heterocycles. The van der Waals surface area contributed by atoms with Crippen molar-refractivity contribution in [3.8, 4) is 5.75 Å². The summed E-state index contributed by atoms with van der Waals surface area (Å²) in [5.74, 6) is 0.0789. The first-order chi connectivity index (χ1) is 11.0. The predicted molar refractivity (Wildman–Crippen MR) is 90.8 cm³/mol. The molecule has 2 rings (SSSR count). The van der Waals surface area contributed by atoms with Gasteiger partial charge in [-0.05, 0) is 48.9 Å². The number of halogens is 1. The summed E-state index contributed by atoms with van der Waals surface area (Å²) in [5.41, 5.74) is 1.19. The molecule has 122 valence electrons. The molecule has 1 atom stereocenters. The van der Waals surface area contributed by atoms with Crippen molar-refractivity contribution in [1.29, 1.82) is 0 Å². The first kappa shape index (κ1) is 17.1. The lowest BCUT2D eigenvalue weighted by Crippen LogP contribution is -2.37. The highest BCUT2D eigenvalue weighted by Gasteiger charge is 2.17. The van der Waals surface area contributed by atoms with Gasteiger partial charge in [-0.1, -0.05) is 23.7 Å². The Balaban J connectivity index is 2.01. The van der Waals surface area contributed by atoms with E-state index in [1.807, 2.05) is 6.92 Å². The third kappa shape index (κ3) is 4.87. The second-order valence-corrected chi connectivity index (χ2v) is 5.52. The summed E-state index contributed by atoms with van der Waals surface area (Å²) in [4.78, 5) is 13.8. The highest BCUT2D eigenvalue weighted by atomic mass is 35.5. The van der Waals surface area contributed by atoms with Crippen LogP contribution in [0.1, 0.15) is 18.6 Å². The molecule has 0 aliphatic rings. The van der Waals surface area contributed by atoms with E-state index < -0.39 is 6.10 Å². The number of aliphatic hydroxyl groups excluding tert-OH is 1. The third-order valence-electron chi connectivity index (χ3n) is 3.41. The number of hydrogen-bond donors (Lipinski definition) is 3. The van der Waals surface area contributed by atoms with E-state index in [0.717, 1.165) is 0 Å². The molecule has 6 heteroatoms. The monoisotopic (exact) mass is 334 g/mol. The number of aliphatic hydroxyl groups is 1. The summed E-state index contributed by atoms with van der Waals surface area (Å²) in [6.45, 7) is 2.39. The Labute approximate surface area is 140 Å². The number of anilines is 1. The molecule has 0 aliphatic carbocycles. The van der Waals surface area contributed by atoms with Gasteiger partial charge in [0.1, 0.15) is 5.75 Å². The van der Waals surface area contributed by atoms with Crippen LogP contribution in [0.2, 0.25) is 5.02 Å². The van der Waals surface area contributed by atoms with Gasteiger partial charge in [-0.15, -0.1) is 0 Å². The molecule has 2 aromatic rings. The lowest BCUT2D eigenvalue weighted by Gasteiger charge is -2.24. The number of aromatic hydroxyl groups is 1. The van der Waals surface area contributed by atoms with Crippen LogP contribution in [-0.2, 0) is 0 Å². The van der Waals surface area contributed by atoms with E-state index in [-0.39, 0.29) is 18.3 Å². The van der Waals surface area contributed by atoms with Gasteiger partial charge in [-0.3, -0.25) is 0 Å². The molecule has 0 aliphatic heterocycles. The number of rotatable bonds is 5. The molecule has 23 heavy (non-hydrogen) atoms. The smallest absolute Gasteiger partial charge is 0.321 e. The molecule has 0 spiro atoms. The zero-order valence-electron chi connectivity index (χ0n) is 12.7. The Hall–Kier alpha value is -2.24. The van der Waals surface area contributed by atoms with Crippen LogP contribution in [-0.4, -0.2) is 34.2 Å². The number of hydrogen-bond acceptors (Lipinski definition) is 3. The lowest BCUT2D eigenvalue weighted by molar-refractivity contribution is 0.128. The first-order valence-corrected chi connectivity index (χ1v) is 7.66. The third-order valence-corrected chi connectivity index (χ3v) is 3.66. The van der Waals surface area contributed by atoms with Crippen molar-refractivity contribution in [2.24, 2.45) is 0 Å². The highest BCUT2D eigenvalue weighted by Crippen LogP contribution is 2.20. The van der Waals surface area contributed by atoms with Crippen molar-refractivity contribution in [3.63, 3.8) is 0 Å². The topological polar surface area (TPSA) is 72.8 Å². The quantitative estimate of drug-likeness (QED) is 0.781. The fraction of sp³-hybridized carbons (Fsp3) is 0.235. The Morgan fingerprint density at radius 1 is 1.26 bits per heavy atom. The molecule has 0 saturated carbocycles. The number of likely N-dealkylation sites (N-methyl/N-ethyl adjacent to an activating group) is 1. The predicted octanol–water partition coefficient (Wildman–Crippen LogP) is 3.63. The molecule has 0 bridgehead atoms. The van der Waals surface area contributed by atoms with Crippen LogP contribution in [0.25, 0.3) is 0 Å². The van der Waals surface area contributed by atoms with Crippen LogP contribution >= 0.6 is 11.6 Å². The molecule has 5 nitrogen and oxygen atoms in total. The lowest BCUT2D eigenvalue weighted by atomic mass is 10.1. The SMILES string of the molecule is CCN(CC(O)c1cccc(O)c1)C(=O)Nc1ccc(Cl)cc1. The van der Waals surface area contributed by atoms with E-state index in [4.69, 9.17) is 11.6 Å². The average molecular weight is 335 g/mol. The van der Waals surface area contributed by atoms with Crippen LogP contribution in [0.15, 0.2) is 48.5 Å². The number of carbonyl (C=O) groups excluding carboxylic acids is 1. The Bertz CT molecular complexity index is 661. The number of nitrogens with zero attached hydrogens (tertiary/aromatic N) is 1. The van der Waals surface area contributed by atoms with Crippen LogP contribution in [0.5, 0.6) is 5.75 Å². The summed E-state index contributed by atoms with van der Waals surface area (Å²) in [6, 6.07) is 12.8. The van der Waals surface area contributed by atoms with Crippen molar-refractivity contribution in [2.45, 2.75) is 13.0 Å². The van der Waals surface area contributed by atoms with E-state index in [1.165, 1.54) is 17.0 Å². The molecule has 2 aromatic carbocycles. The Morgan fingerprint density at radius 2 is 1.96 bits per heavy atom. The van der Waals surface area contributed by atoms with E-state index in [1.54, 1.807) is 36.4 Å². The number of nitrogens with one attached hydrogen (secondary N) is 1. The normalized spacial score (nSPS) is 11.8. The number of phenols is 1. The number of amides is 2. The highest BCUT2D eigenvalue weighted by molar-refractivity contribution is 6.30. The van der Waals surface area contributed by atoms with E-state index in [0.29, 0.717) is 22.8 Å². The minimum absolute atomic E-state index is 0.0789. The number of urea groups is 1. The van der Waals surface area contributed by atoms with E-state index >= 15 is 0 Å². The van der Waals surface area contributed by atoms with E-state index in [9.17, 15) is 15.0 Å². The minimum Gasteiger partial charge on any atom is -0.508 e. The Kier molecular flexibility index (Phi) is 5.84. The van der Waals surface area contributed by atoms with Crippen molar-refractivity contribution in [3.05, 3.63) is 59.1 Å². The fourth-order valence-electron chi connectivity index (χ4n) is 2.14. The average Bonchev–Trinajstić information content (AvgIpc) is 2.54. The molecule has 0 aromatic heterocycles. The van der Waals surface area contributed by atoms with Gasteiger partial charge in [0.25, 0.3) is 0 Å². The molecular formula is C17H19ClN2O3. The minimum atomic E-state index is -0.877. The van der Waals surface area contributed by atoms with Crippen LogP contribution in [0, 0.1) is 0 Å². The molecule has 0 fully saturated rings. The second-order valence-electron chi connectivity index (χ2n) is 5.09. The van der Waals surface area contributed by atoms with Gasteiger partial charge in [0.15, 0.2) is 0 Å². The molecular weight excluding hydrogens is 316 g/mol. The molecule has 3 N–H and O–H groups in total. The van der Waals surface area contributed by atoms with Crippen LogP contribution in [0.4, 0.5) is 10.5 Å². The standard InChI is InChI=1S/C17H19ClN2O3/c1-2-20(11-16(22)12-4-3-5-15(21)10-12)17(23)19-14-8-6-13(18)7-9-14/h3-10,16,21-22H,2,11H2,1H3,(H,19,23). The van der Waals surface area contributed by atoms with Gasteiger partial charge in [-0.25, -0.2) is 4.79 Å². The van der Waals surface area contributed by atoms with Gasteiger partial charge in [0.05, 0.1) is 12.6 Å². The van der Waals surface area contributed by atoms with Crippen molar-refractivity contribution < 1.29 is 15.0 Å².